The molecule has 0 heterocycles. The van der Waals surface area contributed by atoms with Crippen LogP contribution in [0, 0.1) is 18.7 Å². The van der Waals surface area contributed by atoms with Crippen LogP contribution in [-0.4, -0.2) is 11.8 Å². The average Bonchev–Trinajstić information content (AvgIpc) is 2.21. The molecule has 2 nitrogen and oxygen atoms in total. The van der Waals surface area contributed by atoms with Gasteiger partial charge in [0.05, 0.1) is 0 Å². The molecule has 1 unspecified atom stereocenters. The quantitative estimate of drug-likeness (QED) is 0.797. The van der Waals surface area contributed by atoms with Crippen LogP contribution >= 0.6 is 0 Å². The average molecular weight is 223 g/mol. The molecular formula is C13H18FNO. The lowest BCUT2D eigenvalue weighted by atomic mass is 9.94. The van der Waals surface area contributed by atoms with Crippen molar-refractivity contribution in [3.8, 4) is 0 Å². The molecule has 0 fully saturated rings. The minimum atomic E-state index is -0.382. The summed E-state index contributed by atoms with van der Waals surface area (Å²) < 4.78 is 13.0. The highest BCUT2D eigenvalue weighted by Gasteiger charge is 2.16. The van der Waals surface area contributed by atoms with Crippen molar-refractivity contribution >= 4 is 5.78 Å². The lowest BCUT2D eigenvalue weighted by Crippen LogP contribution is -2.29. The minimum absolute atomic E-state index is 0.0850. The van der Waals surface area contributed by atoms with Crippen LogP contribution in [0.2, 0.25) is 0 Å². The smallest absolute Gasteiger partial charge is 0.164 e. The standard InChI is InChI=1S/C13H18FNO/c1-8(2)12(15)7-13(16)11-6-10(14)5-4-9(11)3/h4-6,8,12H,7,15H2,1-3H3. The Morgan fingerprint density at radius 3 is 2.62 bits per heavy atom. The number of ketones is 1. The number of Topliss-reactive ketones (excluding diaryl/α,β-unsaturated/α-hetero) is 1. The molecule has 2 N–H and O–H groups in total. The van der Waals surface area contributed by atoms with Crippen LogP contribution in [0.15, 0.2) is 18.2 Å². The lowest BCUT2D eigenvalue weighted by Gasteiger charge is -2.15. The van der Waals surface area contributed by atoms with Crippen LogP contribution < -0.4 is 5.73 Å². The summed E-state index contributed by atoms with van der Waals surface area (Å²) in [4.78, 5) is 11.9. The third kappa shape index (κ3) is 3.14. The zero-order valence-corrected chi connectivity index (χ0v) is 9.96. The predicted molar refractivity (Wildman–Crippen MR) is 62.9 cm³/mol. The molecule has 0 bridgehead atoms. The second-order valence-electron chi connectivity index (χ2n) is 4.49. The first-order valence-electron chi connectivity index (χ1n) is 5.46. The normalized spacial score (nSPS) is 12.9. The van der Waals surface area contributed by atoms with Crippen LogP contribution in [0.3, 0.4) is 0 Å². The number of benzene rings is 1. The van der Waals surface area contributed by atoms with E-state index in [0.717, 1.165) is 5.56 Å². The van der Waals surface area contributed by atoms with Crippen LogP contribution in [0.4, 0.5) is 4.39 Å². The van der Waals surface area contributed by atoms with Crippen LogP contribution in [0.5, 0.6) is 0 Å². The van der Waals surface area contributed by atoms with Crippen molar-refractivity contribution in [2.24, 2.45) is 11.7 Å². The maximum absolute atomic E-state index is 13.0. The molecule has 88 valence electrons. The van der Waals surface area contributed by atoms with Crippen molar-refractivity contribution in [2.75, 3.05) is 0 Å². The number of hydrogen-bond donors (Lipinski definition) is 1. The number of aryl methyl sites for hydroxylation is 1. The maximum atomic E-state index is 13.0. The first-order chi connectivity index (χ1) is 7.41. The predicted octanol–water partition coefficient (Wildman–Crippen LogP) is 2.69. The molecule has 0 saturated heterocycles. The van der Waals surface area contributed by atoms with Gasteiger partial charge in [0, 0.05) is 18.0 Å². The summed E-state index contributed by atoms with van der Waals surface area (Å²) in [5, 5.41) is 0. The van der Waals surface area contributed by atoms with Gasteiger partial charge in [-0.1, -0.05) is 19.9 Å². The molecule has 0 saturated carbocycles. The van der Waals surface area contributed by atoms with Crippen molar-refractivity contribution in [3.63, 3.8) is 0 Å². The summed E-state index contributed by atoms with van der Waals surface area (Å²) in [5.41, 5.74) is 7.06. The van der Waals surface area contributed by atoms with Crippen molar-refractivity contribution in [1.29, 1.82) is 0 Å². The Bertz CT molecular complexity index is 388. The Balaban J connectivity index is 2.84. The van der Waals surface area contributed by atoms with E-state index < -0.39 is 0 Å². The molecule has 0 aliphatic rings. The maximum Gasteiger partial charge on any atom is 0.164 e. The summed E-state index contributed by atoms with van der Waals surface area (Å²) in [6.45, 7) is 5.74. The number of carbonyl (C=O) groups is 1. The Hall–Kier alpha value is -1.22. The van der Waals surface area contributed by atoms with E-state index in [1.807, 2.05) is 13.8 Å². The van der Waals surface area contributed by atoms with E-state index in [0.29, 0.717) is 5.56 Å². The molecule has 0 aliphatic heterocycles. The summed E-state index contributed by atoms with van der Waals surface area (Å²) in [6.07, 6.45) is 0.266. The number of halogens is 1. The monoisotopic (exact) mass is 223 g/mol. The van der Waals surface area contributed by atoms with Gasteiger partial charge in [-0.3, -0.25) is 4.79 Å². The summed E-state index contributed by atoms with van der Waals surface area (Å²) in [7, 11) is 0. The molecule has 16 heavy (non-hydrogen) atoms. The van der Waals surface area contributed by atoms with Gasteiger partial charge in [-0.25, -0.2) is 4.39 Å². The topological polar surface area (TPSA) is 43.1 Å². The fraction of sp³-hybridized carbons (Fsp3) is 0.462. The van der Waals surface area contributed by atoms with Gasteiger partial charge in [0.2, 0.25) is 0 Å². The Morgan fingerprint density at radius 1 is 1.44 bits per heavy atom. The van der Waals surface area contributed by atoms with Crippen molar-refractivity contribution in [2.45, 2.75) is 33.2 Å². The largest absolute Gasteiger partial charge is 0.327 e. The number of rotatable bonds is 4. The zero-order chi connectivity index (χ0) is 12.3. The Kier molecular flexibility index (Phi) is 4.19. The van der Waals surface area contributed by atoms with E-state index in [4.69, 9.17) is 5.73 Å². The molecule has 0 aliphatic carbocycles. The summed E-state index contributed by atoms with van der Waals surface area (Å²) in [6, 6.07) is 4.08. The fourth-order valence-electron chi connectivity index (χ4n) is 1.45. The fourth-order valence-corrected chi connectivity index (χ4v) is 1.45. The van der Waals surface area contributed by atoms with E-state index in [2.05, 4.69) is 0 Å². The van der Waals surface area contributed by atoms with Crippen molar-refractivity contribution < 1.29 is 9.18 Å². The third-order valence-electron chi connectivity index (χ3n) is 2.78. The number of carbonyl (C=O) groups excluding carboxylic acids is 1. The summed E-state index contributed by atoms with van der Waals surface area (Å²) >= 11 is 0. The molecule has 0 spiro atoms. The van der Waals surface area contributed by atoms with Gasteiger partial charge >= 0.3 is 0 Å². The molecular weight excluding hydrogens is 205 g/mol. The highest BCUT2D eigenvalue weighted by Crippen LogP contribution is 2.15. The highest BCUT2D eigenvalue weighted by molar-refractivity contribution is 5.97. The first kappa shape index (κ1) is 12.8. The van der Waals surface area contributed by atoms with E-state index in [1.165, 1.54) is 12.1 Å². The van der Waals surface area contributed by atoms with Gasteiger partial charge in [-0.15, -0.1) is 0 Å². The lowest BCUT2D eigenvalue weighted by molar-refractivity contribution is 0.0966. The van der Waals surface area contributed by atoms with Crippen LogP contribution in [0.25, 0.3) is 0 Å². The zero-order valence-electron chi connectivity index (χ0n) is 9.96. The number of nitrogens with two attached hydrogens (primary N) is 1. The summed E-state index contributed by atoms with van der Waals surface area (Å²) in [5.74, 6) is -0.219. The van der Waals surface area contributed by atoms with Gasteiger partial charge in [-0.05, 0) is 30.5 Å². The van der Waals surface area contributed by atoms with Crippen LogP contribution in [0.1, 0.15) is 36.2 Å². The van der Waals surface area contributed by atoms with Gasteiger partial charge in [0.25, 0.3) is 0 Å². The van der Waals surface area contributed by atoms with Gasteiger partial charge in [-0.2, -0.15) is 0 Å². The minimum Gasteiger partial charge on any atom is -0.327 e. The molecule has 0 aromatic heterocycles. The molecule has 1 rings (SSSR count). The second kappa shape index (κ2) is 5.21. The van der Waals surface area contributed by atoms with Crippen molar-refractivity contribution in [3.05, 3.63) is 35.1 Å². The third-order valence-corrected chi connectivity index (χ3v) is 2.78. The van der Waals surface area contributed by atoms with Crippen molar-refractivity contribution in [1.82, 2.24) is 0 Å². The molecule has 1 aromatic carbocycles. The van der Waals surface area contributed by atoms with E-state index in [1.54, 1.807) is 13.0 Å². The molecule has 1 aromatic rings. The van der Waals surface area contributed by atoms with Crippen LogP contribution in [-0.2, 0) is 0 Å². The number of hydrogen-bond acceptors (Lipinski definition) is 2. The van der Waals surface area contributed by atoms with Gasteiger partial charge in [0.15, 0.2) is 5.78 Å². The molecule has 1 atom stereocenters. The SMILES string of the molecule is Cc1ccc(F)cc1C(=O)CC(N)C(C)C. The van der Waals surface area contributed by atoms with E-state index in [-0.39, 0.29) is 30.0 Å². The van der Waals surface area contributed by atoms with E-state index >= 15 is 0 Å². The second-order valence-corrected chi connectivity index (χ2v) is 4.49. The Morgan fingerprint density at radius 2 is 2.06 bits per heavy atom. The molecule has 3 heteroatoms. The van der Waals surface area contributed by atoms with Gasteiger partial charge < -0.3 is 5.73 Å². The Labute approximate surface area is 95.7 Å². The molecule has 0 amide bonds. The molecule has 0 radical (unpaired) electrons. The van der Waals surface area contributed by atoms with E-state index in [9.17, 15) is 9.18 Å². The highest BCUT2D eigenvalue weighted by atomic mass is 19.1. The van der Waals surface area contributed by atoms with Gasteiger partial charge in [0.1, 0.15) is 5.82 Å². The first-order valence-corrected chi connectivity index (χ1v) is 5.46.